The molecule has 4 rings (SSSR count). The van der Waals surface area contributed by atoms with E-state index in [2.05, 4.69) is 36.1 Å². The first kappa shape index (κ1) is 23.7. The van der Waals surface area contributed by atoms with Gasteiger partial charge in [-0.05, 0) is 42.6 Å². The Kier molecular flexibility index (Phi) is 8.53. The van der Waals surface area contributed by atoms with Crippen LogP contribution in [0, 0.1) is 0 Å². The summed E-state index contributed by atoms with van der Waals surface area (Å²) in [5.74, 6) is 0.302. The van der Waals surface area contributed by atoms with Gasteiger partial charge >= 0.3 is 0 Å². The molecule has 0 unspecified atom stereocenters. The van der Waals surface area contributed by atoms with Crippen molar-refractivity contribution in [1.29, 1.82) is 0 Å². The van der Waals surface area contributed by atoms with E-state index in [4.69, 9.17) is 5.73 Å². The van der Waals surface area contributed by atoms with Crippen LogP contribution in [0.25, 0.3) is 0 Å². The normalized spacial score (nSPS) is 20.9. The zero-order valence-electron chi connectivity index (χ0n) is 16.9. The Balaban J connectivity index is 0.00000150. The first-order valence-electron chi connectivity index (χ1n) is 10.1. The first-order valence-corrected chi connectivity index (χ1v) is 10.1. The van der Waals surface area contributed by atoms with Crippen LogP contribution in [0.3, 0.4) is 0 Å². The van der Waals surface area contributed by atoms with Gasteiger partial charge in [-0.15, -0.1) is 24.8 Å². The number of halogens is 2. The summed E-state index contributed by atoms with van der Waals surface area (Å²) in [6.45, 7) is 5.58. The van der Waals surface area contributed by atoms with E-state index in [-0.39, 0.29) is 42.7 Å². The first-order chi connectivity index (χ1) is 13.2. The Bertz CT molecular complexity index is 780. The van der Waals surface area contributed by atoms with Crippen molar-refractivity contribution in [3.8, 4) is 0 Å². The number of rotatable bonds is 6. The molecule has 1 aliphatic heterocycles. The minimum absolute atomic E-state index is 0. The molecule has 1 aliphatic carbocycles. The molecule has 1 amide bonds. The van der Waals surface area contributed by atoms with Crippen molar-refractivity contribution in [1.82, 2.24) is 9.80 Å². The molecular formula is C23H31Cl2N3O. The predicted molar refractivity (Wildman–Crippen MR) is 123 cm³/mol. The van der Waals surface area contributed by atoms with Gasteiger partial charge in [0.2, 0.25) is 0 Å². The molecule has 2 aliphatic rings. The van der Waals surface area contributed by atoms with E-state index in [9.17, 15) is 4.79 Å². The molecule has 29 heavy (non-hydrogen) atoms. The fourth-order valence-electron chi connectivity index (χ4n) is 4.16. The maximum Gasteiger partial charge on any atom is 0.253 e. The second-order valence-electron chi connectivity index (χ2n) is 7.88. The lowest BCUT2D eigenvalue weighted by Crippen LogP contribution is -2.32. The van der Waals surface area contributed by atoms with Crippen LogP contribution in [-0.2, 0) is 6.54 Å². The monoisotopic (exact) mass is 435 g/mol. The van der Waals surface area contributed by atoms with Crippen molar-refractivity contribution < 1.29 is 4.79 Å². The van der Waals surface area contributed by atoms with Gasteiger partial charge in [0.15, 0.2) is 0 Å². The van der Waals surface area contributed by atoms with E-state index in [1.165, 1.54) is 24.0 Å². The molecule has 6 heteroatoms. The van der Waals surface area contributed by atoms with Crippen molar-refractivity contribution in [2.45, 2.75) is 44.3 Å². The number of nitrogens with two attached hydrogens (primary N) is 1. The Labute approximate surface area is 186 Å². The van der Waals surface area contributed by atoms with Gasteiger partial charge in [0.1, 0.15) is 0 Å². The molecule has 158 valence electrons. The minimum Gasteiger partial charge on any atom is -0.336 e. The quantitative estimate of drug-likeness (QED) is 0.743. The molecule has 0 spiro atoms. The van der Waals surface area contributed by atoms with Crippen molar-refractivity contribution in [3.63, 3.8) is 0 Å². The molecule has 0 radical (unpaired) electrons. The third-order valence-electron chi connectivity index (χ3n) is 5.94. The number of likely N-dealkylation sites (tertiary alicyclic amines) is 1. The molecule has 1 saturated carbocycles. The molecule has 0 aromatic heterocycles. The van der Waals surface area contributed by atoms with E-state index in [0.717, 1.165) is 24.7 Å². The number of hydrogen-bond donors (Lipinski definition) is 1. The van der Waals surface area contributed by atoms with E-state index < -0.39 is 0 Å². The van der Waals surface area contributed by atoms with Crippen LogP contribution in [0.2, 0.25) is 0 Å². The number of amides is 1. The highest BCUT2D eigenvalue weighted by Gasteiger charge is 2.34. The van der Waals surface area contributed by atoms with Gasteiger partial charge in [0.05, 0.1) is 0 Å². The molecule has 1 heterocycles. The van der Waals surface area contributed by atoms with Crippen molar-refractivity contribution in [2.24, 2.45) is 5.73 Å². The molecule has 1 saturated heterocycles. The Morgan fingerprint density at radius 3 is 2.28 bits per heavy atom. The van der Waals surface area contributed by atoms with Crippen LogP contribution in [0.5, 0.6) is 0 Å². The summed E-state index contributed by atoms with van der Waals surface area (Å²) < 4.78 is 0. The van der Waals surface area contributed by atoms with Crippen molar-refractivity contribution in [3.05, 3.63) is 71.3 Å². The van der Waals surface area contributed by atoms with E-state index in [0.29, 0.717) is 13.1 Å². The number of benzene rings is 2. The van der Waals surface area contributed by atoms with Crippen molar-refractivity contribution >= 4 is 30.7 Å². The molecule has 0 bridgehead atoms. The zero-order valence-corrected chi connectivity index (χ0v) is 18.5. The lowest BCUT2D eigenvalue weighted by Gasteiger charge is -2.20. The van der Waals surface area contributed by atoms with E-state index in [1.807, 2.05) is 35.2 Å². The van der Waals surface area contributed by atoms with Crippen LogP contribution >= 0.6 is 24.8 Å². The van der Waals surface area contributed by atoms with Crippen LogP contribution in [-0.4, -0.2) is 47.4 Å². The summed E-state index contributed by atoms with van der Waals surface area (Å²) in [5.41, 5.74) is 9.60. The highest BCUT2D eigenvalue weighted by atomic mass is 35.5. The fraction of sp³-hybridized carbons (Fsp3) is 0.435. The van der Waals surface area contributed by atoms with Crippen LogP contribution < -0.4 is 5.73 Å². The van der Waals surface area contributed by atoms with E-state index in [1.54, 1.807) is 0 Å². The molecule has 2 aromatic carbocycles. The molecule has 2 fully saturated rings. The second-order valence-corrected chi connectivity index (χ2v) is 7.88. The Morgan fingerprint density at radius 2 is 1.69 bits per heavy atom. The van der Waals surface area contributed by atoms with Gasteiger partial charge in [-0.2, -0.15) is 0 Å². The third kappa shape index (κ3) is 5.52. The summed E-state index contributed by atoms with van der Waals surface area (Å²) in [6.07, 6.45) is 2.64. The fourth-order valence-corrected chi connectivity index (χ4v) is 4.16. The number of hydrogen-bond acceptors (Lipinski definition) is 3. The van der Waals surface area contributed by atoms with E-state index >= 15 is 0 Å². The smallest absolute Gasteiger partial charge is 0.253 e. The van der Waals surface area contributed by atoms with Gasteiger partial charge < -0.3 is 10.6 Å². The average molecular weight is 436 g/mol. The largest absolute Gasteiger partial charge is 0.336 e. The predicted octanol–water partition coefficient (Wildman–Crippen LogP) is 4.08. The maximum absolute atomic E-state index is 12.9. The highest BCUT2D eigenvalue weighted by molar-refractivity contribution is 5.94. The van der Waals surface area contributed by atoms with Gasteiger partial charge in [-0.3, -0.25) is 9.69 Å². The SMILES string of the molecule is CCN(Cc1ccc(C(=O)N2C[C@@H](N)[C@H](c3ccccc3)C2)cc1)C1CC1.Cl.Cl. The number of nitrogens with zero attached hydrogens (tertiary/aromatic N) is 2. The van der Waals surface area contributed by atoms with Crippen LogP contribution in [0.4, 0.5) is 0 Å². The number of carbonyl (C=O) groups is 1. The Hall–Kier alpha value is -1.59. The standard InChI is InChI=1S/C23H29N3O.2ClH/c1-2-25(20-12-13-20)14-17-8-10-19(11-9-17)23(27)26-15-21(22(24)16-26)18-6-4-3-5-7-18;;/h3-11,20-22H,2,12-16,24H2,1H3;2*1H/t21-,22+;;/m0../s1. The summed E-state index contributed by atoms with van der Waals surface area (Å²) in [7, 11) is 0. The summed E-state index contributed by atoms with van der Waals surface area (Å²) in [6, 6.07) is 19.2. The third-order valence-corrected chi connectivity index (χ3v) is 5.94. The lowest BCUT2D eigenvalue weighted by molar-refractivity contribution is 0.0789. The molecular weight excluding hydrogens is 405 g/mol. The minimum atomic E-state index is -0.00715. The highest BCUT2D eigenvalue weighted by Crippen LogP contribution is 2.29. The number of carbonyl (C=O) groups excluding carboxylic acids is 1. The lowest BCUT2D eigenvalue weighted by atomic mass is 9.95. The van der Waals surface area contributed by atoms with Gasteiger partial charge in [-0.25, -0.2) is 0 Å². The van der Waals surface area contributed by atoms with Crippen LogP contribution in [0.15, 0.2) is 54.6 Å². The molecule has 4 nitrogen and oxygen atoms in total. The molecule has 2 N–H and O–H groups in total. The second kappa shape index (κ2) is 10.4. The zero-order chi connectivity index (χ0) is 18.8. The summed E-state index contributed by atoms with van der Waals surface area (Å²) >= 11 is 0. The maximum atomic E-state index is 12.9. The molecule has 2 atom stereocenters. The summed E-state index contributed by atoms with van der Waals surface area (Å²) in [4.78, 5) is 17.4. The molecule has 2 aromatic rings. The van der Waals surface area contributed by atoms with Crippen molar-refractivity contribution in [2.75, 3.05) is 19.6 Å². The van der Waals surface area contributed by atoms with Gasteiger partial charge in [-0.1, -0.05) is 49.4 Å². The van der Waals surface area contributed by atoms with Gasteiger partial charge in [0, 0.05) is 43.2 Å². The Morgan fingerprint density at radius 1 is 1.03 bits per heavy atom. The topological polar surface area (TPSA) is 49.6 Å². The van der Waals surface area contributed by atoms with Crippen LogP contribution in [0.1, 0.15) is 47.2 Å². The van der Waals surface area contributed by atoms with Gasteiger partial charge in [0.25, 0.3) is 5.91 Å². The average Bonchev–Trinajstić information content (AvgIpc) is 3.48. The summed E-state index contributed by atoms with van der Waals surface area (Å²) in [5, 5.41) is 0.